The van der Waals surface area contributed by atoms with Crippen molar-refractivity contribution in [2.75, 3.05) is 13.1 Å². The first-order valence-electron chi connectivity index (χ1n) is 5.11. The van der Waals surface area contributed by atoms with E-state index in [0.717, 1.165) is 0 Å². The second-order valence-electron chi connectivity index (χ2n) is 3.27. The summed E-state index contributed by atoms with van der Waals surface area (Å²) >= 11 is 0. The molecule has 0 aliphatic rings. The molecule has 0 fully saturated rings. The Morgan fingerprint density at radius 3 is 2.69 bits per heavy atom. The highest BCUT2D eigenvalue weighted by Crippen LogP contribution is 2.11. The third-order valence-electron chi connectivity index (χ3n) is 2.06. The molecule has 1 rings (SSSR count). The van der Waals surface area contributed by atoms with Crippen molar-refractivity contribution in [1.82, 2.24) is 5.32 Å². The molecule has 0 saturated heterocycles. The van der Waals surface area contributed by atoms with Crippen molar-refractivity contribution in [3.63, 3.8) is 0 Å². The summed E-state index contributed by atoms with van der Waals surface area (Å²) in [6, 6.07) is 8.80. The quantitative estimate of drug-likeness (QED) is 0.627. The Kier molecular flexibility index (Phi) is 5.25. The van der Waals surface area contributed by atoms with Gasteiger partial charge in [-0.05, 0) is 5.56 Å². The van der Waals surface area contributed by atoms with E-state index in [0.29, 0.717) is 18.7 Å². The van der Waals surface area contributed by atoms with Gasteiger partial charge in [0, 0.05) is 13.1 Å². The van der Waals surface area contributed by atoms with Gasteiger partial charge < -0.3 is 16.2 Å². The number of hydrogen-bond donors (Lipinski definition) is 3. The number of amides is 1. The van der Waals surface area contributed by atoms with E-state index in [1.54, 1.807) is 36.4 Å². The van der Waals surface area contributed by atoms with Gasteiger partial charge in [-0.15, -0.1) is 0 Å². The Labute approximate surface area is 94.8 Å². The summed E-state index contributed by atoms with van der Waals surface area (Å²) in [4.78, 5) is 11.5. The smallest absolute Gasteiger partial charge is 0.253 e. The Bertz CT molecular complexity index is 349. The molecule has 1 aromatic rings. The number of rotatable bonds is 5. The SMILES string of the molecule is NC/C=C/CNC(=O)C(O)c1ccccc1. The third-order valence-corrected chi connectivity index (χ3v) is 2.06. The van der Waals surface area contributed by atoms with Gasteiger partial charge in [0.25, 0.3) is 5.91 Å². The molecule has 0 aromatic heterocycles. The van der Waals surface area contributed by atoms with Crippen molar-refractivity contribution in [2.24, 2.45) is 5.73 Å². The molecule has 0 saturated carbocycles. The Balaban J connectivity index is 2.45. The summed E-state index contributed by atoms with van der Waals surface area (Å²) in [6.07, 6.45) is 2.37. The average Bonchev–Trinajstić information content (AvgIpc) is 2.34. The first-order valence-corrected chi connectivity index (χ1v) is 5.11. The summed E-state index contributed by atoms with van der Waals surface area (Å²) in [6.45, 7) is 0.817. The summed E-state index contributed by atoms with van der Waals surface area (Å²) in [5, 5.41) is 12.3. The molecule has 4 nitrogen and oxygen atoms in total. The minimum atomic E-state index is -1.12. The predicted octanol–water partition coefficient (Wildman–Crippen LogP) is 0.351. The fraction of sp³-hybridized carbons (Fsp3) is 0.250. The van der Waals surface area contributed by atoms with E-state index in [-0.39, 0.29) is 0 Å². The van der Waals surface area contributed by atoms with E-state index < -0.39 is 12.0 Å². The average molecular weight is 220 g/mol. The molecule has 16 heavy (non-hydrogen) atoms. The van der Waals surface area contributed by atoms with E-state index in [2.05, 4.69) is 5.32 Å². The maximum Gasteiger partial charge on any atom is 0.253 e. The van der Waals surface area contributed by atoms with Crippen LogP contribution in [0.5, 0.6) is 0 Å². The number of aliphatic hydroxyl groups excluding tert-OH is 1. The van der Waals surface area contributed by atoms with Crippen LogP contribution in [-0.4, -0.2) is 24.1 Å². The Morgan fingerprint density at radius 1 is 1.38 bits per heavy atom. The lowest BCUT2D eigenvalue weighted by Crippen LogP contribution is -2.29. The van der Waals surface area contributed by atoms with Crippen LogP contribution in [0.2, 0.25) is 0 Å². The van der Waals surface area contributed by atoms with Crippen LogP contribution in [0.3, 0.4) is 0 Å². The molecule has 1 atom stereocenters. The van der Waals surface area contributed by atoms with E-state index >= 15 is 0 Å². The lowest BCUT2D eigenvalue weighted by Gasteiger charge is -2.10. The topological polar surface area (TPSA) is 75.3 Å². The highest BCUT2D eigenvalue weighted by molar-refractivity contribution is 5.81. The van der Waals surface area contributed by atoms with Gasteiger partial charge in [0.05, 0.1) is 0 Å². The molecule has 0 aliphatic heterocycles. The molecule has 0 heterocycles. The lowest BCUT2D eigenvalue weighted by atomic mass is 10.1. The number of nitrogens with two attached hydrogens (primary N) is 1. The van der Waals surface area contributed by atoms with Crippen LogP contribution in [0, 0.1) is 0 Å². The van der Waals surface area contributed by atoms with Crippen LogP contribution in [0.4, 0.5) is 0 Å². The molecule has 0 aliphatic carbocycles. The maximum atomic E-state index is 11.5. The summed E-state index contributed by atoms with van der Waals surface area (Å²) in [5.74, 6) is -0.409. The molecule has 4 N–H and O–H groups in total. The van der Waals surface area contributed by atoms with Crippen LogP contribution in [0.1, 0.15) is 11.7 Å². The first kappa shape index (κ1) is 12.4. The number of benzene rings is 1. The predicted molar refractivity (Wildman–Crippen MR) is 62.6 cm³/mol. The number of hydrogen-bond acceptors (Lipinski definition) is 3. The molecule has 1 unspecified atom stereocenters. The van der Waals surface area contributed by atoms with Crippen molar-refractivity contribution in [2.45, 2.75) is 6.10 Å². The largest absolute Gasteiger partial charge is 0.378 e. The second kappa shape index (κ2) is 6.76. The van der Waals surface area contributed by atoms with Crippen LogP contribution in [0.15, 0.2) is 42.5 Å². The van der Waals surface area contributed by atoms with Crippen molar-refractivity contribution in [1.29, 1.82) is 0 Å². The van der Waals surface area contributed by atoms with Crippen LogP contribution in [-0.2, 0) is 4.79 Å². The molecule has 1 aromatic carbocycles. The van der Waals surface area contributed by atoms with Crippen molar-refractivity contribution in [3.8, 4) is 0 Å². The van der Waals surface area contributed by atoms with Gasteiger partial charge in [0.15, 0.2) is 6.10 Å². The standard InChI is InChI=1S/C12H16N2O2/c13-8-4-5-9-14-12(16)11(15)10-6-2-1-3-7-10/h1-7,11,15H,8-9,13H2,(H,14,16)/b5-4+. The van der Waals surface area contributed by atoms with E-state index in [1.807, 2.05) is 6.07 Å². The number of nitrogens with one attached hydrogen (secondary N) is 1. The van der Waals surface area contributed by atoms with Gasteiger partial charge in [-0.25, -0.2) is 0 Å². The van der Waals surface area contributed by atoms with E-state index in [9.17, 15) is 9.90 Å². The summed E-state index contributed by atoms with van der Waals surface area (Å²) < 4.78 is 0. The molecular formula is C12H16N2O2. The highest BCUT2D eigenvalue weighted by Gasteiger charge is 2.15. The van der Waals surface area contributed by atoms with Crippen molar-refractivity contribution < 1.29 is 9.90 Å². The van der Waals surface area contributed by atoms with Crippen LogP contribution >= 0.6 is 0 Å². The fourth-order valence-corrected chi connectivity index (χ4v) is 1.22. The number of aliphatic hydroxyl groups is 1. The Hall–Kier alpha value is -1.65. The molecular weight excluding hydrogens is 204 g/mol. The molecule has 0 bridgehead atoms. The molecule has 1 amide bonds. The van der Waals surface area contributed by atoms with Crippen molar-refractivity contribution >= 4 is 5.91 Å². The van der Waals surface area contributed by atoms with E-state index in [1.165, 1.54) is 0 Å². The fourth-order valence-electron chi connectivity index (χ4n) is 1.22. The minimum Gasteiger partial charge on any atom is -0.378 e. The monoisotopic (exact) mass is 220 g/mol. The molecule has 4 heteroatoms. The number of carbonyl (C=O) groups excluding carboxylic acids is 1. The minimum absolute atomic E-state index is 0.375. The molecule has 0 spiro atoms. The summed E-state index contributed by atoms with van der Waals surface area (Å²) in [5.41, 5.74) is 5.83. The van der Waals surface area contributed by atoms with Crippen LogP contribution < -0.4 is 11.1 Å². The number of carbonyl (C=O) groups is 1. The van der Waals surface area contributed by atoms with Crippen molar-refractivity contribution in [3.05, 3.63) is 48.0 Å². The zero-order chi connectivity index (χ0) is 11.8. The first-order chi connectivity index (χ1) is 7.75. The van der Waals surface area contributed by atoms with Gasteiger partial charge in [-0.3, -0.25) is 4.79 Å². The van der Waals surface area contributed by atoms with Gasteiger partial charge in [-0.2, -0.15) is 0 Å². The molecule has 86 valence electrons. The second-order valence-corrected chi connectivity index (χ2v) is 3.27. The van der Waals surface area contributed by atoms with Gasteiger partial charge >= 0.3 is 0 Å². The van der Waals surface area contributed by atoms with Gasteiger partial charge in [-0.1, -0.05) is 42.5 Å². The lowest BCUT2D eigenvalue weighted by molar-refractivity contribution is -0.129. The van der Waals surface area contributed by atoms with Crippen LogP contribution in [0.25, 0.3) is 0 Å². The zero-order valence-corrected chi connectivity index (χ0v) is 8.97. The normalized spacial score (nSPS) is 12.6. The van der Waals surface area contributed by atoms with E-state index in [4.69, 9.17) is 5.73 Å². The Morgan fingerprint density at radius 2 is 2.06 bits per heavy atom. The van der Waals surface area contributed by atoms with Gasteiger partial charge in [0.1, 0.15) is 0 Å². The zero-order valence-electron chi connectivity index (χ0n) is 8.97. The van der Waals surface area contributed by atoms with Gasteiger partial charge in [0.2, 0.25) is 0 Å². The molecule has 0 radical (unpaired) electrons. The maximum absolute atomic E-state index is 11.5. The summed E-state index contributed by atoms with van der Waals surface area (Å²) in [7, 11) is 0. The highest BCUT2D eigenvalue weighted by atomic mass is 16.3. The third kappa shape index (κ3) is 3.84.